The molecule has 0 spiro atoms. The minimum absolute atomic E-state index is 0.0506. The minimum Gasteiger partial charge on any atom is -0.507 e. The molecule has 1 fully saturated rings. The Kier molecular flexibility index (Phi) is 5.52. The molecular formula is C28H25N3O3S. The molecule has 1 aliphatic rings. The van der Waals surface area contributed by atoms with E-state index in [0.29, 0.717) is 16.3 Å². The maximum Gasteiger partial charge on any atom is 0.301 e. The van der Waals surface area contributed by atoms with Gasteiger partial charge in [-0.05, 0) is 59.4 Å². The summed E-state index contributed by atoms with van der Waals surface area (Å²) >= 11 is 1.34. The average Bonchev–Trinajstić information content (AvgIpc) is 3.37. The number of rotatable bonds is 3. The number of aliphatic hydroxyl groups excluding tert-OH is 1. The van der Waals surface area contributed by atoms with Gasteiger partial charge in [-0.3, -0.25) is 19.5 Å². The smallest absolute Gasteiger partial charge is 0.301 e. The molecule has 1 unspecified atom stereocenters. The first-order chi connectivity index (χ1) is 16.7. The first kappa shape index (κ1) is 22.9. The fraction of sp³-hybridized carbons (Fsp3) is 0.214. The highest BCUT2D eigenvalue weighted by atomic mass is 32.1. The molecule has 3 heterocycles. The number of fused-ring (bicyclic) bond motifs is 1. The molecule has 2 aromatic carbocycles. The number of aromatic nitrogens is 2. The predicted octanol–water partition coefficient (Wildman–Crippen LogP) is 5.92. The van der Waals surface area contributed by atoms with Crippen LogP contribution in [0.5, 0.6) is 0 Å². The molecule has 1 N–H and O–H groups in total. The van der Waals surface area contributed by atoms with E-state index in [9.17, 15) is 14.7 Å². The molecule has 1 aliphatic heterocycles. The van der Waals surface area contributed by atoms with Crippen LogP contribution in [0.2, 0.25) is 0 Å². The van der Waals surface area contributed by atoms with Gasteiger partial charge >= 0.3 is 5.91 Å². The number of hydrogen-bond donors (Lipinski definition) is 1. The van der Waals surface area contributed by atoms with Crippen LogP contribution >= 0.6 is 11.3 Å². The van der Waals surface area contributed by atoms with Crippen LogP contribution in [0.15, 0.2) is 72.6 Å². The number of benzene rings is 2. The Morgan fingerprint density at radius 1 is 1.03 bits per heavy atom. The number of Topliss-reactive ketones (excluding diaryl/α,β-unsaturated/α-hetero) is 1. The Balaban J connectivity index is 1.74. The van der Waals surface area contributed by atoms with Crippen molar-refractivity contribution in [2.24, 2.45) is 0 Å². The highest BCUT2D eigenvalue weighted by Crippen LogP contribution is 2.44. The third-order valence-corrected chi connectivity index (χ3v) is 7.35. The highest BCUT2D eigenvalue weighted by Gasteiger charge is 2.48. The zero-order valence-electron chi connectivity index (χ0n) is 19.9. The number of amides is 1. The molecule has 0 saturated carbocycles. The number of aryl methyl sites for hydroxylation is 1. The number of pyridine rings is 1. The molecule has 0 aliphatic carbocycles. The molecule has 1 saturated heterocycles. The van der Waals surface area contributed by atoms with Gasteiger partial charge in [0.1, 0.15) is 5.76 Å². The van der Waals surface area contributed by atoms with Gasteiger partial charge in [0.05, 0.1) is 21.8 Å². The van der Waals surface area contributed by atoms with Crippen molar-refractivity contribution in [1.29, 1.82) is 0 Å². The van der Waals surface area contributed by atoms with Gasteiger partial charge in [-0.2, -0.15) is 0 Å². The summed E-state index contributed by atoms with van der Waals surface area (Å²) in [7, 11) is 0. The summed E-state index contributed by atoms with van der Waals surface area (Å²) in [6, 6.07) is 16.1. The average molecular weight is 484 g/mol. The van der Waals surface area contributed by atoms with Crippen LogP contribution in [0.4, 0.5) is 5.13 Å². The highest BCUT2D eigenvalue weighted by molar-refractivity contribution is 7.22. The van der Waals surface area contributed by atoms with E-state index in [2.05, 4.69) is 30.7 Å². The number of carbonyl (C=O) groups excluding carboxylic acids is 2. The molecule has 176 valence electrons. The lowest BCUT2D eigenvalue weighted by Crippen LogP contribution is -2.29. The Bertz CT molecular complexity index is 1470. The first-order valence-corrected chi connectivity index (χ1v) is 12.2. The number of ketones is 1. The number of para-hydroxylation sites is 1. The Morgan fingerprint density at radius 2 is 1.74 bits per heavy atom. The van der Waals surface area contributed by atoms with Crippen molar-refractivity contribution in [2.45, 2.75) is 39.2 Å². The lowest BCUT2D eigenvalue weighted by atomic mass is 9.84. The van der Waals surface area contributed by atoms with Gasteiger partial charge in [0.2, 0.25) is 0 Å². The summed E-state index contributed by atoms with van der Waals surface area (Å²) in [5, 5.41) is 12.0. The van der Waals surface area contributed by atoms with Crippen molar-refractivity contribution >= 4 is 44.1 Å². The van der Waals surface area contributed by atoms with E-state index in [1.54, 1.807) is 24.5 Å². The van der Waals surface area contributed by atoms with Crippen LogP contribution in [0.3, 0.4) is 0 Å². The molecular weight excluding hydrogens is 458 g/mol. The van der Waals surface area contributed by atoms with Crippen molar-refractivity contribution in [3.8, 4) is 0 Å². The van der Waals surface area contributed by atoms with E-state index in [4.69, 9.17) is 0 Å². The fourth-order valence-electron chi connectivity index (χ4n) is 4.34. The molecule has 1 amide bonds. The SMILES string of the molecule is Cc1ccc(C(C)(C)C)cc1/C(O)=C1\C(=O)C(=O)N(c2nc3ccccc3s2)C1c1ccncc1. The van der Waals surface area contributed by atoms with Gasteiger partial charge in [0, 0.05) is 18.0 Å². The zero-order valence-corrected chi connectivity index (χ0v) is 20.8. The second-order valence-electron chi connectivity index (χ2n) is 9.69. The van der Waals surface area contributed by atoms with Crippen LogP contribution in [-0.4, -0.2) is 26.8 Å². The monoisotopic (exact) mass is 483 g/mol. The van der Waals surface area contributed by atoms with Gasteiger partial charge in [-0.1, -0.05) is 56.4 Å². The van der Waals surface area contributed by atoms with Crippen molar-refractivity contribution in [2.75, 3.05) is 4.90 Å². The Morgan fingerprint density at radius 3 is 2.43 bits per heavy atom. The van der Waals surface area contributed by atoms with Crippen LogP contribution in [0.25, 0.3) is 16.0 Å². The number of nitrogens with zero attached hydrogens (tertiary/aromatic N) is 3. The van der Waals surface area contributed by atoms with E-state index < -0.39 is 17.7 Å². The summed E-state index contributed by atoms with van der Waals surface area (Å²) in [5.41, 5.74) is 3.69. The van der Waals surface area contributed by atoms with Gasteiger partial charge in [0.25, 0.3) is 5.78 Å². The van der Waals surface area contributed by atoms with Gasteiger partial charge in [-0.25, -0.2) is 4.98 Å². The lowest BCUT2D eigenvalue weighted by molar-refractivity contribution is -0.132. The Labute approximate surface area is 207 Å². The number of hydrogen-bond acceptors (Lipinski definition) is 6. The largest absolute Gasteiger partial charge is 0.507 e. The fourth-order valence-corrected chi connectivity index (χ4v) is 5.33. The zero-order chi connectivity index (χ0) is 24.9. The molecule has 7 heteroatoms. The normalized spacial score (nSPS) is 17.9. The molecule has 6 nitrogen and oxygen atoms in total. The molecule has 35 heavy (non-hydrogen) atoms. The predicted molar refractivity (Wildman–Crippen MR) is 139 cm³/mol. The topological polar surface area (TPSA) is 83.4 Å². The lowest BCUT2D eigenvalue weighted by Gasteiger charge is -2.24. The second kappa shape index (κ2) is 8.43. The summed E-state index contributed by atoms with van der Waals surface area (Å²) in [4.78, 5) is 37.0. The van der Waals surface area contributed by atoms with E-state index in [-0.39, 0.29) is 16.7 Å². The second-order valence-corrected chi connectivity index (χ2v) is 10.7. The number of aliphatic hydroxyl groups is 1. The summed E-state index contributed by atoms with van der Waals surface area (Å²) in [6.45, 7) is 8.14. The van der Waals surface area contributed by atoms with Gasteiger partial charge in [0.15, 0.2) is 5.13 Å². The van der Waals surface area contributed by atoms with Crippen LogP contribution < -0.4 is 4.90 Å². The van der Waals surface area contributed by atoms with E-state index in [1.165, 1.54) is 16.2 Å². The number of thiazole rings is 1. The molecule has 0 bridgehead atoms. The first-order valence-electron chi connectivity index (χ1n) is 11.3. The van der Waals surface area contributed by atoms with Crippen molar-refractivity contribution in [3.63, 3.8) is 0 Å². The van der Waals surface area contributed by atoms with Crippen molar-refractivity contribution < 1.29 is 14.7 Å². The molecule has 2 aromatic heterocycles. The quantitative estimate of drug-likeness (QED) is 0.222. The maximum atomic E-state index is 13.4. The number of anilines is 1. The summed E-state index contributed by atoms with van der Waals surface area (Å²) in [6.07, 6.45) is 3.22. The van der Waals surface area contributed by atoms with Gasteiger partial charge < -0.3 is 5.11 Å². The van der Waals surface area contributed by atoms with E-state index in [0.717, 1.165) is 21.3 Å². The van der Waals surface area contributed by atoms with E-state index in [1.807, 2.05) is 49.4 Å². The van der Waals surface area contributed by atoms with Crippen LogP contribution in [0, 0.1) is 6.92 Å². The molecule has 1 atom stereocenters. The third kappa shape index (κ3) is 3.91. The van der Waals surface area contributed by atoms with Crippen molar-refractivity contribution in [3.05, 3.63) is 94.8 Å². The molecule has 0 radical (unpaired) electrons. The molecule has 4 aromatic rings. The Hall–Kier alpha value is -3.84. The molecule has 5 rings (SSSR count). The van der Waals surface area contributed by atoms with Gasteiger partial charge in [-0.15, -0.1) is 0 Å². The summed E-state index contributed by atoms with van der Waals surface area (Å²) < 4.78 is 0.909. The maximum absolute atomic E-state index is 13.4. The minimum atomic E-state index is -0.823. The standard InChI is InChI=1S/C28H25N3O3S/c1-16-9-10-18(28(2,3)4)15-19(16)24(32)22-23(17-11-13-29-14-12-17)31(26(34)25(22)33)27-30-20-7-5-6-8-21(20)35-27/h5-15,23,32H,1-4H3/b24-22+. The summed E-state index contributed by atoms with van der Waals surface area (Å²) in [5.74, 6) is -1.63. The van der Waals surface area contributed by atoms with Crippen LogP contribution in [-0.2, 0) is 15.0 Å². The van der Waals surface area contributed by atoms with Crippen LogP contribution in [0.1, 0.15) is 49.1 Å². The van der Waals surface area contributed by atoms with Crippen molar-refractivity contribution in [1.82, 2.24) is 9.97 Å². The van der Waals surface area contributed by atoms with E-state index >= 15 is 0 Å². The third-order valence-electron chi connectivity index (χ3n) is 6.31. The number of carbonyl (C=O) groups is 2.